The standard InChI is InChI=1S/C14H22N2O2/c1-14(5-7-18-8-6-14)10-16-13-9-11(17-2)3-4-12(13)15/h3-4,9,16H,5-8,10,15H2,1-2H3. The first kappa shape index (κ1) is 13.0. The van der Waals surface area contributed by atoms with E-state index in [1.54, 1.807) is 7.11 Å². The molecule has 0 radical (unpaired) electrons. The van der Waals surface area contributed by atoms with Gasteiger partial charge in [0, 0.05) is 25.8 Å². The Bertz CT molecular complexity index is 401. The number of anilines is 2. The molecule has 18 heavy (non-hydrogen) atoms. The number of ether oxygens (including phenoxy) is 2. The number of hydrogen-bond donors (Lipinski definition) is 2. The van der Waals surface area contributed by atoms with Gasteiger partial charge in [-0.05, 0) is 30.4 Å². The molecule has 1 fully saturated rings. The number of nitrogen functional groups attached to an aromatic ring is 1. The van der Waals surface area contributed by atoms with Crippen LogP contribution in [-0.4, -0.2) is 26.9 Å². The Morgan fingerprint density at radius 2 is 2.11 bits per heavy atom. The number of hydrogen-bond acceptors (Lipinski definition) is 4. The number of nitrogens with one attached hydrogen (secondary N) is 1. The van der Waals surface area contributed by atoms with E-state index < -0.39 is 0 Å². The second-order valence-electron chi connectivity index (χ2n) is 5.23. The van der Waals surface area contributed by atoms with Crippen LogP contribution in [0.1, 0.15) is 19.8 Å². The average Bonchev–Trinajstić information content (AvgIpc) is 2.39. The summed E-state index contributed by atoms with van der Waals surface area (Å²) in [5, 5.41) is 3.44. The summed E-state index contributed by atoms with van der Waals surface area (Å²) >= 11 is 0. The molecule has 4 nitrogen and oxygen atoms in total. The Morgan fingerprint density at radius 1 is 1.39 bits per heavy atom. The van der Waals surface area contributed by atoms with Crippen molar-refractivity contribution in [2.24, 2.45) is 5.41 Å². The van der Waals surface area contributed by atoms with E-state index in [2.05, 4.69) is 12.2 Å². The highest BCUT2D eigenvalue weighted by molar-refractivity contribution is 5.68. The van der Waals surface area contributed by atoms with Gasteiger partial charge < -0.3 is 20.5 Å². The van der Waals surface area contributed by atoms with Crippen LogP contribution in [0.3, 0.4) is 0 Å². The van der Waals surface area contributed by atoms with Crippen molar-refractivity contribution in [1.82, 2.24) is 0 Å². The van der Waals surface area contributed by atoms with Gasteiger partial charge in [0.05, 0.1) is 18.5 Å². The highest BCUT2D eigenvalue weighted by atomic mass is 16.5. The zero-order chi connectivity index (χ0) is 13.0. The van der Waals surface area contributed by atoms with Crippen LogP contribution in [0.4, 0.5) is 11.4 Å². The van der Waals surface area contributed by atoms with Gasteiger partial charge in [-0.2, -0.15) is 0 Å². The third-order valence-corrected chi connectivity index (χ3v) is 3.67. The molecule has 0 saturated carbocycles. The molecule has 1 saturated heterocycles. The first-order valence-corrected chi connectivity index (χ1v) is 6.38. The Morgan fingerprint density at radius 3 is 2.78 bits per heavy atom. The summed E-state index contributed by atoms with van der Waals surface area (Å²) in [4.78, 5) is 0. The fourth-order valence-electron chi connectivity index (χ4n) is 2.17. The van der Waals surface area contributed by atoms with E-state index in [0.717, 1.165) is 49.7 Å². The van der Waals surface area contributed by atoms with Gasteiger partial charge in [0.25, 0.3) is 0 Å². The maximum atomic E-state index is 5.96. The van der Waals surface area contributed by atoms with Crippen molar-refractivity contribution >= 4 is 11.4 Å². The number of methoxy groups -OCH3 is 1. The monoisotopic (exact) mass is 250 g/mol. The van der Waals surface area contributed by atoms with E-state index in [9.17, 15) is 0 Å². The summed E-state index contributed by atoms with van der Waals surface area (Å²) in [6.45, 7) is 4.91. The van der Waals surface area contributed by atoms with Crippen molar-refractivity contribution in [3.63, 3.8) is 0 Å². The normalized spacial score (nSPS) is 18.3. The molecule has 3 N–H and O–H groups in total. The minimum absolute atomic E-state index is 0.285. The SMILES string of the molecule is COc1ccc(N)c(NCC2(C)CCOCC2)c1. The molecule has 1 aliphatic rings. The van der Waals surface area contributed by atoms with Gasteiger partial charge in [-0.3, -0.25) is 0 Å². The van der Waals surface area contributed by atoms with Crippen molar-refractivity contribution in [2.75, 3.05) is 37.9 Å². The average molecular weight is 250 g/mol. The molecule has 0 bridgehead atoms. The van der Waals surface area contributed by atoms with Gasteiger partial charge in [0.15, 0.2) is 0 Å². The summed E-state index contributed by atoms with van der Waals surface area (Å²) in [7, 11) is 1.66. The minimum atomic E-state index is 0.285. The van der Waals surface area contributed by atoms with Crippen LogP contribution in [0.15, 0.2) is 18.2 Å². The van der Waals surface area contributed by atoms with E-state index in [4.69, 9.17) is 15.2 Å². The summed E-state index contributed by atoms with van der Waals surface area (Å²) < 4.78 is 10.6. The molecule has 1 heterocycles. The highest BCUT2D eigenvalue weighted by Gasteiger charge is 2.27. The zero-order valence-corrected chi connectivity index (χ0v) is 11.2. The number of rotatable bonds is 4. The van der Waals surface area contributed by atoms with Gasteiger partial charge in [-0.1, -0.05) is 6.92 Å². The molecule has 0 unspecified atom stereocenters. The summed E-state index contributed by atoms with van der Waals surface area (Å²) in [6, 6.07) is 5.68. The van der Waals surface area contributed by atoms with Crippen molar-refractivity contribution < 1.29 is 9.47 Å². The lowest BCUT2D eigenvalue weighted by molar-refractivity contribution is 0.0300. The third kappa shape index (κ3) is 3.07. The molecular formula is C14H22N2O2. The predicted octanol–water partition coefficient (Wildman–Crippen LogP) is 2.51. The fraction of sp³-hybridized carbons (Fsp3) is 0.571. The van der Waals surface area contributed by atoms with Crippen LogP contribution in [0.5, 0.6) is 5.75 Å². The van der Waals surface area contributed by atoms with Gasteiger partial charge >= 0.3 is 0 Å². The molecular weight excluding hydrogens is 228 g/mol. The maximum absolute atomic E-state index is 5.96. The second-order valence-corrected chi connectivity index (χ2v) is 5.23. The second kappa shape index (κ2) is 5.48. The predicted molar refractivity (Wildman–Crippen MR) is 74.1 cm³/mol. The van der Waals surface area contributed by atoms with Gasteiger partial charge in [-0.25, -0.2) is 0 Å². The van der Waals surface area contributed by atoms with Gasteiger partial charge in [-0.15, -0.1) is 0 Å². The van der Waals surface area contributed by atoms with E-state index in [-0.39, 0.29) is 5.41 Å². The lowest BCUT2D eigenvalue weighted by atomic mass is 9.82. The molecule has 4 heteroatoms. The van der Waals surface area contributed by atoms with Crippen LogP contribution in [0.25, 0.3) is 0 Å². The van der Waals surface area contributed by atoms with E-state index in [1.807, 2.05) is 18.2 Å². The molecule has 2 rings (SSSR count). The smallest absolute Gasteiger partial charge is 0.121 e. The third-order valence-electron chi connectivity index (χ3n) is 3.67. The molecule has 1 aliphatic heterocycles. The quantitative estimate of drug-likeness (QED) is 0.806. The van der Waals surface area contributed by atoms with Crippen LogP contribution >= 0.6 is 0 Å². The van der Waals surface area contributed by atoms with Crippen LogP contribution < -0.4 is 15.8 Å². The van der Waals surface area contributed by atoms with Crippen LogP contribution in [0, 0.1) is 5.41 Å². The molecule has 100 valence electrons. The summed E-state index contributed by atoms with van der Waals surface area (Å²) in [5.74, 6) is 0.823. The molecule has 0 aliphatic carbocycles. The molecule has 1 aromatic rings. The minimum Gasteiger partial charge on any atom is -0.497 e. The molecule has 0 spiro atoms. The fourth-order valence-corrected chi connectivity index (χ4v) is 2.17. The number of nitrogens with two attached hydrogens (primary N) is 1. The molecule has 0 atom stereocenters. The van der Waals surface area contributed by atoms with E-state index in [1.165, 1.54) is 0 Å². The van der Waals surface area contributed by atoms with E-state index >= 15 is 0 Å². The largest absolute Gasteiger partial charge is 0.497 e. The van der Waals surface area contributed by atoms with E-state index in [0.29, 0.717) is 0 Å². The molecule has 1 aromatic carbocycles. The topological polar surface area (TPSA) is 56.5 Å². The lowest BCUT2D eigenvalue weighted by Gasteiger charge is -2.34. The first-order valence-electron chi connectivity index (χ1n) is 6.38. The van der Waals surface area contributed by atoms with Crippen molar-refractivity contribution in [1.29, 1.82) is 0 Å². The van der Waals surface area contributed by atoms with Gasteiger partial charge in [0.1, 0.15) is 5.75 Å². The van der Waals surface area contributed by atoms with Crippen molar-refractivity contribution in [2.45, 2.75) is 19.8 Å². The van der Waals surface area contributed by atoms with Crippen LogP contribution in [-0.2, 0) is 4.74 Å². The number of benzene rings is 1. The van der Waals surface area contributed by atoms with Crippen molar-refractivity contribution in [3.8, 4) is 5.75 Å². The Hall–Kier alpha value is -1.42. The Labute approximate surface area is 108 Å². The van der Waals surface area contributed by atoms with Gasteiger partial charge in [0.2, 0.25) is 0 Å². The lowest BCUT2D eigenvalue weighted by Crippen LogP contribution is -2.33. The zero-order valence-electron chi connectivity index (χ0n) is 11.2. The maximum Gasteiger partial charge on any atom is 0.121 e. The molecule has 0 aromatic heterocycles. The summed E-state index contributed by atoms with van der Waals surface area (Å²) in [5.41, 5.74) is 7.95. The Kier molecular flexibility index (Phi) is 3.97. The van der Waals surface area contributed by atoms with Crippen LogP contribution in [0.2, 0.25) is 0 Å². The highest BCUT2D eigenvalue weighted by Crippen LogP contribution is 2.31. The molecule has 0 amide bonds. The Balaban J connectivity index is 2.00. The first-order chi connectivity index (χ1) is 8.63. The summed E-state index contributed by atoms with van der Waals surface area (Å²) in [6.07, 6.45) is 2.17. The van der Waals surface area contributed by atoms with Crippen molar-refractivity contribution in [3.05, 3.63) is 18.2 Å².